The molecule has 0 amide bonds. The lowest BCUT2D eigenvalue weighted by atomic mass is 10.2. The van der Waals surface area contributed by atoms with E-state index in [0.29, 0.717) is 19.7 Å². The highest BCUT2D eigenvalue weighted by Gasteiger charge is 2.17. The second-order valence-electron chi connectivity index (χ2n) is 4.15. The van der Waals surface area contributed by atoms with Gasteiger partial charge in [0.1, 0.15) is 12.4 Å². The van der Waals surface area contributed by atoms with Crippen LogP contribution in [0.4, 0.5) is 0 Å². The van der Waals surface area contributed by atoms with Gasteiger partial charge in [0.2, 0.25) is 0 Å². The van der Waals surface area contributed by atoms with E-state index in [1.807, 2.05) is 45.0 Å². The molecular formula is C13H22N2O3S. The topological polar surface area (TPSA) is 58.6 Å². The summed E-state index contributed by atoms with van der Waals surface area (Å²) in [5, 5.41) is 0. The van der Waals surface area contributed by atoms with Crippen LogP contribution in [0.2, 0.25) is 0 Å². The molecule has 0 saturated heterocycles. The minimum Gasteiger partial charge on any atom is -0.492 e. The van der Waals surface area contributed by atoms with E-state index in [1.54, 1.807) is 0 Å². The van der Waals surface area contributed by atoms with Gasteiger partial charge in [-0.05, 0) is 19.1 Å². The average molecular weight is 286 g/mol. The zero-order valence-electron chi connectivity index (χ0n) is 11.7. The highest BCUT2D eigenvalue weighted by Crippen LogP contribution is 2.10. The summed E-state index contributed by atoms with van der Waals surface area (Å²) < 4.78 is 33.0. The Kier molecular flexibility index (Phi) is 6.27. The van der Waals surface area contributed by atoms with Crippen LogP contribution in [0.1, 0.15) is 19.4 Å². The molecule has 0 radical (unpaired) electrons. The molecule has 0 aliphatic rings. The number of hydrogen-bond acceptors (Lipinski definition) is 3. The molecule has 19 heavy (non-hydrogen) atoms. The Labute approximate surface area is 115 Å². The van der Waals surface area contributed by atoms with Crippen molar-refractivity contribution in [2.45, 2.75) is 20.8 Å². The molecule has 0 unspecified atom stereocenters. The van der Waals surface area contributed by atoms with Crippen molar-refractivity contribution < 1.29 is 13.2 Å². The van der Waals surface area contributed by atoms with Crippen LogP contribution in [0.15, 0.2) is 24.3 Å². The van der Waals surface area contributed by atoms with E-state index in [9.17, 15) is 8.42 Å². The smallest absolute Gasteiger partial charge is 0.279 e. The lowest BCUT2D eigenvalue weighted by Gasteiger charge is -2.18. The largest absolute Gasteiger partial charge is 0.492 e. The van der Waals surface area contributed by atoms with Crippen molar-refractivity contribution in [1.82, 2.24) is 9.03 Å². The summed E-state index contributed by atoms with van der Waals surface area (Å²) in [6.07, 6.45) is 0. The summed E-state index contributed by atoms with van der Waals surface area (Å²) in [6.45, 7) is 7.12. The van der Waals surface area contributed by atoms with E-state index in [4.69, 9.17) is 4.74 Å². The molecule has 0 bridgehead atoms. The predicted molar refractivity (Wildman–Crippen MR) is 76.5 cm³/mol. The van der Waals surface area contributed by atoms with Crippen LogP contribution in [0.25, 0.3) is 0 Å². The lowest BCUT2D eigenvalue weighted by molar-refractivity contribution is 0.320. The maximum Gasteiger partial charge on any atom is 0.279 e. The molecule has 0 aliphatic heterocycles. The fourth-order valence-electron chi connectivity index (χ4n) is 1.63. The van der Waals surface area contributed by atoms with Crippen molar-refractivity contribution >= 4 is 10.2 Å². The third-order valence-corrected chi connectivity index (χ3v) is 4.49. The maximum atomic E-state index is 11.8. The molecule has 1 aromatic rings. The van der Waals surface area contributed by atoms with Crippen LogP contribution >= 0.6 is 0 Å². The number of rotatable bonds is 8. The first-order chi connectivity index (χ1) is 8.99. The number of ether oxygens (including phenoxy) is 1. The molecule has 5 nitrogen and oxygen atoms in total. The highest BCUT2D eigenvalue weighted by atomic mass is 32.2. The van der Waals surface area contributed by atoms with Gasteiger partial charge in [-0.2, -0.15) is 17.4 Å². The molecule has 0 spiro atoms. The molecule has 1 N–H and O–H groups in total. The summed E-state index contributed by atoms with van der Waals surface area (Å²) >= 11 is 0. The van der Waals surface area contributed by atoms with Crippen LogP contribution in [-0.4, -0.2) is 39.0 Å². The normalized spacial score (nSPS) is 11.8. The van der Waals surface area contributed by atoms with E-state index in [-0.39, 0.29) is 6.54 Å². The zero-order chi connectivity index (χ0) is 14.3. The molecule has 0 saturated carbocycles. The van der Waals surface area contributed by atoms with Gasteiger partial charge < -0.3 is 4.74 Å². The Bertz CT molecular complexity index is 467. The van der Waals surface area contributed by atoms with Crippen molar-refractivity contribution in [3.63, 3.8) is 0 Å². The quantitative estimate of drug-likeness (QED) is 0.738. The van der Waals surface area contributed by atoms with E-state index in [2.05, 4.69) is 4.72 Å². The molecule has 0 aliphatic carbocycles. The van der Waals surface area contributed by atoms with Crippen LogP contribution in [0, 0.1) is 6.92 Å². The molecule has 0 fully saturated rings. The van der Waals surface area contributed by atoms with Gasteiger partial charge in [0.15, 0.2) is 0 Å². The average Bonchev–Trinajstić information content (AvgIpc) is 2.38. The standard InChI is InChI=1S/C13H22N2O3S/c1-4-15(5-2)19(16,17)14-10-11-18-13-8-6-12(3)7-9-13/h6-9,14H,4-5,10-11H2,1-3H3. The Morgan fingerprint density at radius 2 is 1.74 bits per heavy atom. The van der Waals surface area contributed by atoms with Gasteiger partial charge >= 0.3 is 0 Å². The predicted octanol–water partition coefficient (Wildman–Crippen LogP) is 1.55. The number of nitrogens with one attached hydrogen (secondary N) is 1. The van der Waals surface area contributed by atoms with Crippen LogP contribution in [0.5, 0.6) is 5.75 Å². The first-order valence-electron chi connectivity index (χ1n) is 6.43. The maximum absolute atomic E-state index is 11.8. The number of benzene rings is 1. The third-order valence-electron chi connectivity index (χ3n) is 2.72. The number of nitrogens with zero attached hydrogens (tertiary/aromatic N) is 1. The van der Waals surface area contributed by atoms with Crippen molar-refractivity contribution in [1.29, 1.82) is 0 Å². The summed E-state index contributed by atoms with van der Waals surface area (Å²) in [7, 11) is -3.38. The Balaban J connectivity index is 2.36. The number of aryl methyl sites for hydroxylation is 1. The summed E-state index contributed by atoms with van der Waals surface area (Å²) in [5.41, 5.74) is 1.16. The molecule has 1 rings (SSSR count). The minimum atomic E-state index is -3.38. The SMILES string of the molecule is CCN(CC)S(=O)(=O)NCCOc1ccc(C)cc1. The fraction of sp³-hybridized carbons (Fsp3) is 0.538. The van der Waals surface area contributed by atoms with Gasteiger partial charge in [0, 0.05) is 19.6 Å². The molecule has 108 valence electrons. The Morgan fingerprint density at radius 1 is 1.16 bits per heavy atom. The van der Waals surface area contributed by atoms with Crippen LogP contribution in [-0.2, 0) is 10.2 Å². The molecular weight excluding hydrogens is 264 g/mol. The molecule has 6 heteroatoms. The lowest BCUT2D eigenvalue weighted by Crippen LogP contribution is -2.41. The molecule has 0 aromatic heterocycles. The summed E-state index contributed by atoms with van der Waals surface area (Å²) in [5.74, 6) is 0.743. The number of hydrogen-bond donors (Lipinski definition) is 1. The van der Waals surface area contributed by atoms with Crippen molar-refractivity contribution in [2.24, 2.45) is 0 Å². The van der Waals surface area contributed by atoms with Crippen LogP contribution in [0.3, 0.4) is 0 Å². The third kappa shape index (κ3) is 5.18. The van der Waals surface area contributed by atoms with Crippen LogP contribution < -0.4 is 9.46 Å². The van der Waals surface area contributed by atoms with E-state index < -0.39 is 10.2 Å². The molecule has 0 heterocycles. The van der Waals surface area contributed by atoms with Crippen molar-refractivity contribution in [2.75, 3.05) is 26.2 Å². The fourth-order valence-corrected chi connectivity index (χ4v) is 2.83. The van der Waals surface area contributed by atoms with Gasteiger partial charge in [0.25, 0.3) is 10.2 Å². The Hall–Kier alpha value is -1.11. The van der Waals surface area contributed by atoms with Crippen molar-refractivity contribution in [3.05, 3.63) is 29.8 Å². The monoisotopic (exact) mass is 286 g/mol. The highest BCUT2D eigenvalue weighted by molar-refractivity contribution is 7.87. The van der Waals surface area contributed by atoms with Gasteiger partial charge in [0.05, 0.1) is 0 Å². The van der Waals surface area contributed by atoms with Gasteiger partial charge in [-0.25, -0.2) is 0 Å². The minimum absolute atomic E-state index is 0.257. The zero-order valence-corrected chi connectivity index (χ0v) is 12.5. The van der Waals surface area contributed by atoms with Gasteiger partial charge in [-0.1, -0.05) is 31.5 Å². The van der Waals surface area contributed by atoms with E-state index >= 15 is 0 Å². The second-order valence-corrected chi connectivity index (χ2v) is 5.90. The van der Waals surface area contributed by atoms with Crippen molar-refractivity contribution in [3.8, 4) is 5.75 Å². The Morgan fingerprint density at radius 3 is 2.26 bits per heavy atom. The molecule has 1 aromatic carbocycles. The molecule has 0 atom stereocenters. The van der Waals surface area contributed by atoms with Gasteiger partial charge in [-0.3, -0.25) is 0 Å². The second kappa shape index (κ2) is 7.47. The van der Waals surface area contributed by atoms with E-state index in [1.165, 1.54) is 4.31 Å². The van der Waals surface area contributed by atoms with Gasteiger partial charge in [-0.15, -0.1) is 0 Å². The summed E-state index contributed by atoms with van der Waals surface area (Å²) in [6, 6.07) is 7.65. The summed E-state index contributed by atoms with van der Waals surface area (Å²) in [4.78, 5) is 0. The first kappa shape index (κ1) is 15.9. The first-order valence-corrected chi connectivity index (χ1v) is 7.87. The van der Waals surface area contributed by atoms with E-state index in [0.717, 1.165) is 11.3 Å².